The molecule has 13 heavy (non-hydrogen) atoms. The summed E-state index contributed by atoms with van der Waals surface area (Å²) < 4.78 is 0.984. The minimum Gasteiger partial charge on any atom is -0.429 e. The highest BCUT2D eigenvalue weighted by atomic mass is 16.5. The highest BCUT2D eigenvalue weighted by molar-refractivity contribution is 5.06. The van der Waals surface area contributed by atoms with Crippen molar-refractivity contribution in [2.45, 2.75) is 19.9 Å². The van der Waals surface area contributed by atoms with E-state index in [1.807, 2.05) is 13.8 Å². The predicted octanol–water partition coefficient (Wildman–Crippen LogP) is 0.315. The van der Waals surface area contributed by atoms with Crippen LogP contribution in [0.1, 0.15) is 12.5 Å². The fourth-order valence-electron chi connectivity index (χ4n) is 1.01. The van der Waals surface area contributed by atoms with Crippen LogP contribution in [0.5, 0.6) is 0 Å². The van der Waals surface area contributed by atoms with Crippen molar-refractivity contribution in [2.75, 3.05) is 6.61 Å². The fourth-order valence-corrected chi connectivity index (χ4v) is 1.01. The van der Waals surface area contributed by atoms with Gasteiger partial charge in [-0.05, 0) is 25.5 Å². The molecule has 4 heteroatoms. The Morgan fingerprint density at radius 3 is 2.85 bits per heavy atom. The smallest absolute Gasteiger partial charge is 0.0709 e. The molecule has 0 spiro atoms. The van der Waals surface area contributed by atoms with Gasteiger partial charge in [0.1, 0.15) is 0 Å². The lowest BCUT2D eigenvalue weighted by atomic mass is 10.3. The molecule has 0 radical (unpaired) electrons. The molecule has 0 aromatic carbocycles. The van der Waals surface area contributed by atoms with Crippen LogP contribution in [-0.2, 0) is 0 Å². The molecular formula is C9H14N2O2. The number of nitrogens with zero attached hydrogens (tertiary/aromatic N) is 2. The van der Waals surface area contributed by atoms with Crippen molar-refractivity contribution in [1.82, 2.24) is 4.73 Å². The Balaban J connectivity index is 3.08. The number of hydrogen-bond acceptors (Lipinski definition) is 3. The van der Waals surface area contributed by atoms with E-state index in [2.05, 4.69) is 4.99 Å². The summed E-state index contributed by atoms with van der Waals surface area (Å²) in [5, 5.41) is 18.6. The van der Waals surface area contributed by atoms with Gasteiger partial charge in [0.15, 0.2) is 0 Å². The number of aliphatic hydroxyl groups is 1. The van der Waals surface area contributed by atoms with E-state index in [-0.39, 0.29) is 12.6 Å². The normalized spacial score (nSPS) is 14.5. The minimum absolute atomic E-state index is 0.0352. The number of hydrogen-bond donors (Lipinski definition) is 2. The zero-order valence-electron chi connectivity index (χ0n) is 7.81. The highest BCUT2D eigenvalue weighted by Crippen LogP contribution is 1.90. The summed E-state index contributed by atoms with van der Waals surface area (Å²) >= 11 is 0. The van der Waals surface area contributed by atoms with Crippen LogP contribution < -0.4 is 5.36 Å². The summed E-state index contributed by atoms with van der Waals surface area (Å²) in [5.41, 5.74) is 0.880. The second-order valence-electron chi connectivity index (χ2n) is 3.05. The molecule has 0 amide bonds. The quantitative estimate of drug-likeness (QED) is 0.647. The van der Waals surface area contributed by atoms with E-state index in [4.69, 9.17) is 10.3 Å². The molecule has 0 unspecified atom stereocenters. The average Bonchev–Trinajstić information content (AvgIpc) is 2.09. The summed E-state index contributed by atoms with van der Waals surface area (Å²) in [7, 11) is 0. The number of aliphatic hydroxyl groups excluding tert-OH is 1. The molecule has 0 fully saturated rings. The number of pyridine rings is 1. The summed E-state index contributed by atoms with van der Waals surface area (Å²) in [4.78, 5) is 4.24. The number of aryl methyl sites for hydroxylation is 1. The lowest BCUT2D eigenvalue weighted by Gasteiger charge is -2.02. The third kappa shape index (κ3) is 2.59. The zero-order chi connectivity index (χ0) is 9.84. The third-order valence-electron chi connectivity index (χ3n) is 1.74. The SMILES string of the molecule is Cc1cn(O)ccc1=N[C@@H](C)CO. The Morgan fingerprint density at radius 1 is 1.62 bits per heavy atom. The maximum Gasteiger partial charge on any atom is 0.0709 e. The van der Waals surface area contributed by atoms with Gasteiger partial charge in [0, 0.05) is 12.4 Å². The van der Waals surface area contributed by atoms with Gasteiger partial charge in [0.05, 0.1) is 18.0 Å². The Kier molecular flexibility index (Phi) is 3.08. The lowest BCUT2D eigenvalue weighted by Crippen LogP contribution is -2.15. The van der Waals surface area contributed by atoms with Crippen molar-refractivity contribution < 1.29 is 10.3 Å². The summed E-state index contributed by atoms with van der Waals surface area (Å²) in [5.74, 6) is 0. The van der Waals surface area contributed by atoms with Crippen LogP contribution >= 0.6 is 0 Å². The average molecular weight is 182 g/mol. The van der Waals surface area contributed by atoms with Crippen LogP contribution in [0.25, 0.3) is 0 Å². The second-order valence-corrected chi connectivity index (χ2v) is 3.05. The predicted molar refractivity (Wildman–Crippen MR) is 48.5 cm³/mol. The first-order chi connectivity index (χ1) is 6.13. The summed E-state index contributed by atoms with van der Waals surface area (Å²) in [6.45, 7) is 3.72. The molecule has 1 rings (SSSR count). The van der Waals surface area contributed by atoms with E-state index < -0.39 is 0 Å². The molecule has 1 aromatic heterocycles. The van der Waals surface area contributed by atoms with Gasteiger partial charge in [-0.3, -0.25) is 4.99 Å². The van der Waals surface area contributed by atoms with Gasteiger partial charge < -0.3 is 10.3 Å². The van der Waals surface area contributed by atoms with Crippen molar-refractivity contribution in [1.29, 1.82) is 0 Å². The largest absolute Gasteiger partial charge is 0.429 e. The molecule has 2 N–H and O–H groups in total. The molecule has 1 atom stereocenters. The molecule has 1 heterocycles. The monoisotopic (exact) mass is 182 g/mol. The van der Waals surface area contributed by atoms with Crippen molar-refractivity contribution in [3.8, 4) is 0 Å². The Hall–Kier alpha value is -1.29. The maximum atomic E-state index is 9.05. The van der Waals surface area contributed by atoms with Gasteiger partial charge in [0.2, 0.25) is 0 Å². The van der Waals surface area contributed by atoms with Crippen LogP contribution in [0.15, 0.2) is 23.5 Å². The standard InChI is InChI=1S/C9H14N2O2/c1-7-5-11(13)4-3-9(7)10-8(2)6-12/h3-5,8,12-13H,6H2,1-2H3/t8-/m0/s1. The van der Waals surface area contributed by atoms with Gasteiger partial charge in [-0.1, -0.05) is 0 Å². The summed E-state index contributed by atoms with van der Waals surface area (Å²) in [6.07, 6.45) is 3.08. The van der Waals surface area contributed by atoms with Crippen molar-refractivity contribution >= 4 is 0 Å². The molecular weight excluding hydrogens is 168 g/mol. The molecule has 0 aliphatic rings. The van der Waals surface area contributed by atoms with E-state index in [0.29, 0.717) is 0 Å². The van der Waals surface area contributed by atoms with Gasteiger partial charge in [0.25, 0.3) is 0 Å². The Labute approximate surface area is 76.8 Å². The molecule has 4 nitrogen and oxygen atoms in total. The zero-order valence-corrected chi connectivity index (χ0v) is 7.81. The van der Waals surface area contributed by atoms with Gasteiger partial charge >= 0.3 is 0 Å². The van der Waals surface area contributed by atoms with Crippen LogP contribution in [0.4, 0.5) is 0 Å². The number of rotatable bonds is 2. The van der Waals surface area contributed by atoms with Gasteiger partial charge in [-0.15, -0.1) is 0 Å². The first-order valence-corrected chi connectivity index (χ1v) is 4.16. The molecule has 0 saturated carbocycles. The van der Waals surface area contributed by atoms with Crippen LogP contribution in [0, 0.1) is 6.92 Å². The van der Waals surface area contributed by atoms with Crippen LogP contribution in [-0.4, -0.2) is 27.7 Å². The Morgan fingerprint density at radius 2 is 2.31 bits per heavy atom. The van der Waals surface area contributed by atoms with E-state index in [1.54, 1.807) is 12.3 Å². The second kappa shape index (κ2) is 4.09. The molecule has 0 aliphatic heterocycles. The lowest BCUT2D eigenvalue weighted by molar-refractivity contribution is 0.183. The van der Waals surface area contributed by atoms with Crippen molar-refractivity contribution in [3.63, 3.8) is 0 Å². The number of aromatic nitrogens is 1. The van der Waals surface area contributed by atoms with Gasteiger partial charge in [-0.25, -0.2) is 4.73 Å². The van der Waals surface area contributed by atoms with Gasteiger partial charge in [-0.2, -0.15) is 0 Å². The summed E-state index contributed by atoms with van der Waals surface area (Å²) in [6, 6.07) is 1.61. The first-order valence-electron chi connectivity index (χ1n) is 4.16. The van der Waals surface area contributed by atoms with E-state index in [1.165, 1.54) is 6.20 Å². The maximum absolute atomic E-state index is 9.05. The molecule has 0 aliphatic carbocycles. The highest BCUT2D eigenvalue weighted by Gasteiger charge is 1.96. The van der Waals surface area contributed by atoms with E-state index >= 15 is 0 Å². The van der Waals surface area contributed by atoms with E-state index in [0.717, 1.165) is 15.7 Å². The minimum atomic E-state index is -0.103. The van der Waals surface area contributed by atoms with Crippen molar-refractivity contribution in [3.05, 3.63) is 29.4 Å². The molecule has 0 saturated heterocycles. The molecule has 0 bridgehead atoms. The Bertz CT molecular complexity index is 344. The molecule has 72 valence electrons. The first kappa shape index (κ1) is 9.80. The van der Waals surface area contributed by atoms with Crippen LogP contribution in [0.3, 0.4) is 0 Å². The van der Waals surface area contributed by atoms with Crippen molar-refractivity contribution in [2.24, 2.45) is 4.99 Å². The third-order valence-corrected chi connectivity index (χ3v) is 1.74. The topological polar surface area (TPSA) is 57.8 Å². The van der Waals surface area contributed by atoms with E-state index in [9.17, 15) is 0 Å². The van der Waals surface area contributed by atoms with Crippen LogP contribution in [0.2, 0.25) is 0 Å². The molecule has 1 aromatic rings. The fraction of sp³-hybridized carbons (Fsp3) is 0.444.